The Morgan fingerprint density at radius 1 is 1.03 bits per heavy atom. The van der Waals surface area contributed by atoms with Crippen LogP contribution in [0.5, 0.6) is 0 Å². The molecule has 2 bridgehead atoms. The van der Waals surface area contributed by atoms with Crippen molar-refractivity contribution in [3.63, 3.8) is 0 Å². The molecule has 6 heteroatoms. The van der Waals surface area contributed by atoms with E-state index < -0.39 is 0 Å². The van der Waals surface area contributed by atoms with Crippen LogP contribution in [-0.2, 0) is 0 Å². The van der Waals surface area contributed by atoms with Gasteiger partial charge in [-0.25, -0.2) is 0 Å². The van der Waals surface area contributed by atoms with Crippen molar-refractivity contribution in [1.29, 1.82) is 0 Å². The van der Waals surface area contributed by atoms with Crippen LogP contribution in [0.4, 0.5) is 5.69 Å². The van der Waals surface area contributed by atoms with Gasteiger partial charge in [-0.05, 0) is 68.2 Å². The maximum Gasteiger partial charge on any atom is 0.255 e. The summed E-state index contributed by atoms with van der Waals surface area (Å²) in [6.07, 6.45) is 8.55. The summed E-state index contributed by atoms with van der Waals surface area (Å²) in [5.41, 5.74) is 8.64. The molecule has 4 N–H and O–H groups in total. The number of carbonyl (C=O) groups excluding carboxylic acids is 2. The van der Waals surface area contributed by atoms with Gasteiger partial charge in [-0.1, -0.05) is 18.6 Å². The number of carbonyl (C=O) groups is 2. The summed E-state index contributed by atoms with van der Waals surface area (Å²) in [4.78, 5) is 29.8. The molecule has 152 valence electrons. The molecule has 1 aromatic carbocycles. The van der Waals surface area contributed by atoms with Crippen LogP contribution >= 0.6 is 0 Å². The summed E-state index contributed by atoms with van der Waals surface area (Å²) in [5, 5.41) is 6.21. The molecule has 2 aliphatic carbocycles. The lowest BCUT2D eigenvalue weighted by Gasteiger charge is -2.45. The van der Waals surface area contributed by atoms with Crippen LogP contribution in [0, 0.1) is 18.8 Å². The number of aromatic nitrogens is 1. The highest BCUT2D eigenvalue weighted by Gasteiger charge is 2.40. The average Bonchev–Trinajstić information content (AvgIpc) is 2.70. The van der Waals surface area contributed by atoms with Crippen LogP contribution in [-0.4, -0.2) is 28.9 Å². The van der Waals surface area contributed by atoms with E-state index >= 15 is 0 Å². The maximum absolute atomic E-state index is 13.2. The van der Waals surface area contributed by atoms with E-state index in [0.717, 1.165) is 31.2 Å². The zero-order valence-corrected chi connectivity index (χ0v) is 16.7. The Hall–Kier alpha value is -2.73. The van der Waals surface area contributed by atoms with Gasteiger partial charge in [0.05, 0.1) is 11.3 Å². The minimum absolute atomic E-state index is 0.129. The van der Waals surface area contributed by atoms with Crippen molar-refractivity contribution >= 4 is 17.5 Å². The Morgan fingerprint density at radius 2 is 1.72 bits per heavy atom. The molecule has 0 saturated heterocycles. The molecule has 2 atom stereocenters. The lowest BCUT2D eigenvalue weighted by atomic mass is 9.67. The zero-order chi connectivity index (χ0) is 20.4. The van der Waals surface area contributed by atoms with Crippen molar-refractivity contribution in [3.8, 4) is 0 Å². The molecule has 2 amide bonds. The fraction of sp³-hybridized carbons (Fsp3) is 0.435. The minimum Gasteiger partial charge on any atom is -0.349 e. The van der Waals surface area contributed by atoms with Gasteiger partial charge in [-0.3, -0.25) is 14.6 Å². The normalized spacial score (nSPS) is 25.9. The average molecular weight is 393 g/mol. The summed E-state index contributed by atoms with van der Waals surface area (Å²) in [6, 6.07) is 9.24. The van der Waals surface area contributed by atoms with E-state index in [-0.39, 0.29) is 23.9 Å². The lowest BCUT2D eigenvalue weighted by molar-refractivity contribution is 0.0756. The van der Waals surface area contributed by atoms with Crippen molar-refractivity contribution in [1.82, 2.24) is 10.3 Å². The molecule has 1 aromatic heterocycles. The van der Waals surface area contributed by atoms with Gasteiger partial charge in [0, 0.05) is 30.0 Å². The number of benzene rings is 1. The molecule has 2 aliphatic rings. The van der Waals surface area contributed by atoms with Crippen molar-refractivity contribution in [3.05, 3.63) is 59.4 Å². The first-order valence-corrected chi connectivity index (χ1v) is 10.4. The number of rotatable bonds is 4. The smallest absolute Gasteiger partial charge is 0.255 e. The SMILES string of the molecule is Cc1cccc(C(=O)NC2C3CCCC2CC(N)C3)c1NC(=O)c1ccncc1. The Morgan fingerprint density at radius 3 is 2.41 bits per heavy atom. The van der Waals surface area contributed by atoms with Gasteiger partial charge in [-0.2, -0.15) is 0 Å². The van der Waals surface area contributed by atoms with Crippen LogP contribution in [0.25, 0.3) is 0 Å². The first-order chi connectivity index (χ1) is 14.0. The lowest BCUT2D eigenvalue weighted by Crippen LogP contribution is -2.53. The third-order valence-corrected chi connectivity index (χ3v) is 6.37. The number of para-hydroxylation sites is 1. The molecule has 29 heavy (non-hydrogen) atoms. The Balaban J connectivity index is 1.55. The molecule has 4 rings (SSSR count). The first-order valence-electron chi connectivity index (χ1n) is 10.4. The number of pyridine rings is 1. The fourth-order valence-electron chi connectivity index (χ4n) is 4.97. The van der Waals surface area contributed by atoms with E-state index in [0.29, 0.717) is 28.7 Å². The molecule has 6 nitrogen and oxygen atoms in total. The number of hydrogen-bond donors (Lipinski definition) is 3. The maximum atomic E-state index is 13.2. The van der Waals surface area contributed by atoms with Gasteiger partial charge < -0.3 is 16.4 Å². The molecule has 1 heterocycles. The van der Waals surface area contributed by atoms with E-state index in [9.17, 15) is 9.59 Å². The molecule has 0 aliphatic heterocycles. The number of nitrogens with two attached hydrogens (primary N) is 1. The molecular weight excluding hydrogens is 364 g/mol. The number of nitrogens with one attached hydrogen (secondary N) is 2. The highest BCUT2D eigenvalue weighted by molar-refractivity contribution is 6.09. The largest absolute Gasteiger partial charge is 0.349 e. The zero-order valence-electron chi connectivity index (χ0n) is 16.7. The Labute approximate surface area is 171 Å². The van der Waals surface area contributed by atoms with Crippen LogP contribution in [0.1, 0.15) is 58.4 Å². The molecule has 2 aromatic rings. The van der Waals surface area contributed by atoms with Gasteiger partial charge >= 0.3 is 0 Å². The van der Waals surface area contributed by atoms with Gasteiger partial charge in [0.1, 0.15) is 0 Å². The summed E-state index contributed by atoms with van der Waals surface area (Å²) in [6.45, 7) is 1.90. The van der Waals surface area contributed by atoms with Crippen LogP contribution in [0.2, 0.25) is 0 Å². The standard InChI is InChI=1S/C23H28N4O2/c1-14-4-2-7-19(20(14)26-22(28)15-8-10-25-11-9-15)23(29)27-21-16-5-3-6-17(21)13-18(24)12-16/h2,4,7-11,16-18,21H,3,5-6,12-13,24H2,1H3,(H,26,28)(H,27,29). The Bertz CT molecular complexity index is 885. The minimum atomic E-state index is -0.253. The highest BCUT2D eigenvalue weighted by atomic mass is 16.2. The number of fused-ring (bicyclic) bond motifs is 2. The van der Waals surface area contributed by atoms with Crippen LogP contribution in [0.3, 0.4) is 0 Å². The topological polar surface area (TPSA) is 97.1 Å². The number of hydrogen-bond acceptors (Lipinski definition) is 4. The van der Waals surface area contributed by atoms with Gasteiger partial charge in [0.25, 0.3) is 11.8 Å². The van der Waals surface area contributed by atoms with Crippen molar-refractivity contribution < 1.29 is 9.59 Å². The van der Waals surface area contributed by atoms with Gasteiger partial charge in [0.15, 0.2) is 0 Å². The second kappa shape index (κ2) is 8.33. The summed E-state index contributed by atoms with van der Waals surface area (Å²) >= 11 is 0. The molecule has 0 spiro atoms. The van der Waals surface area contributed by atoms with E-state index in [1.165, 1.54) is 6.42 Å². The monoisotopic (exact) mass is 392 g/mol. The predicted molar refractivity (Wildman–Crippen MR) is 113 cm³/mol. The fourth-order valence-corrected chi connectivity index (χ4v) is 4.97. The van der Waals surface area contributed by atoms with E-state index in [2.05, 4.69) is 15.6 Å². The van der Waals surface area contributed by atoms with Crippen molar-refractivity contribution in [2.24, 2.45) is 17.6 Å². The number of aryl methyl sites for hydroxylation is 1. The summed E-state index contributed by atoms with van der Waals surface area (Å²) in [7, 11) is 0. The number of anilines is 1. The van der Waals surface area contributed by atoms with Gasteiger partial charge in [-0.15, -0.1) is 0 Å². The van der Waals surface area contributed by atoms with E-state index in [1.54, 1.807) is 30.6 Å². The van der Waals surface area contributed by atoms with E-state index in [4.69, 9.17) is 5.73 Å². The predicted octanol–water partition coefficient (Wildman–Crippen LogP) is 3.28. The van der Waals surface area contributed by atoms with E-state index in [1.807, 2.05) is 19.1 Å². The number of nitrogens with zero attached hydrogens (tertiary/aromatic N) is 1. The number of amides is 2. The van der Waals surface area contributed by atoms with Crippen molar-refractivity contribution in [2.75, 3.05) is 5.32 Å². The summed E-state index contributed by atoms with van der Waals surface area (Å²) in [5.74, 6) is 0.509. The second-order valence-corrected chi connectivity index (χ2v) is 8.37. The molecular formula is C23H28N4O2. The third-order valence-electron chi connectivity index (χ3n) is 6.37. The molecule has 2 saturated carbocycles. The Kier molecular flexibility index (Phi) is 5.62. The third kappa shape index (κ3) is 4.17. The van der Waals surface area contributed by atoms with Crippen LogP contribution < -0.4 is 16.4 Å². The quantitative estimate of drug-likeness (QED) is 0.744. The van der Waals surface area contributed by atoms with Crippen molar-refractivity contribution in [2.45, 2.75) is 51.1 Å². The molecule has 0 radical (unpaired) electrons. The highest BCUT2D eigenvalue weighted by Crippen LogP contribution is 2.40. The van der Waals surface area contributed by atoms with Gasteiger partial charge in [0.2, 0.25) is 0 Å². The first kappa shape index (κ1) is 19.6. The molecule has 2 unspecified atom stereocenters. The van der Waals surface area contributed by atoms with Crippen LogP contribution in [0.15, 0.2) is 42.7 Å². The summed E-state index contributed by atoms with van der Waals surface area (Å²) < 4.78 is 0. The second-order valence-electron chi connectivity index (χ2n) is 8.37. The molecule has 2 fully saturated rings.